The molecule has 0 saturated heterocycles. The molecule has 0 fully saturated rings. The van der Waals surface area contributed by atoms with E-state index in [0.29, 0.717) is 12.8 Å². The van der Waals surface area contributed by atoms with Crippen LogP contribution in [0, 0.1) is 22.7 Å². The molecular formula is C16H30N6. The van der Waals surface area contributed by atoms with E-state index in [2.05, 4.69) is 33.0 Å². The molecule has 0 spiro atoms. The van der Waals surface area contributed by atoms with Crippen LogP contribution in [0.25, 0.3) is 0 Å². The lowest BCUT2D eigenvalue weighted by Gasteiger charge is -2.32. The Bertz CT molecular complexity index is 438. The number of hydrogen-bond donors (Lipinski definition) is 2. The molecule has 0 rings (SSSR count). The lowest BCUT2D eigenvalue weighted by molar-refractivity contribution is 0.299. The Morgan fingerprint density at radius 3 is 1.18 bits per heavy atom. The maximum Gasteiger partial charge on any atom is 0.166 e. The van der Waals surface area contributed by atoms with Crippen molar-refractivity contribution in [1.82, 2.24) is 10.6 Å². The summed E-state index contributed by atoms with van der Waals surface area (Å²) in [4.78, 5) is 0. The van der Waals surface area contributed by atoms with E-state index in [9.17, 15) is 10.5 Å². The average Bonchev–Trinajstić information content (AvgIpc) is 2.44. The number of hydrogen-bond acceptors (Lipinski definition) is 6. The summed E-state index contributed by atoms with van der Waals surface area (Å²) >= 11 is 0. The van der Waals surface area contributed by atoms with Gasteiger partial charge in [-0.1, -0.05) is 0 Å². The molecule has 0 amide bonds. The topological polar surface area (TPSA) is 96.4 Å². The summed E-state index contributed by atoms with van der Waals surface area (Å²) in [5.74, 6) is 0. The minimum atomic E-state index is -0.964. The SMILES string of the molecule is CNC(C)(C)CC(C)(C#N)/N=N/C(C)(C#N)CC(C)(C)NC. The first kappa shape index (κ1) is 20.5. The lowest BCUT2D eigenvalue weighted by atomic mass is 9.86. The number of rotatable bonds is 8. The van der Waals surface area contributed by atoms with Crippen molar-refractivity contribution in [3.63, 3.8) is 0 Å². The molecule has 0 bridgehead atoms. The number of nitriles is 2. The van der Waals surface area contributed by atoms with Gasteiger partial charge in [0.2, 0.25) is 0 Å². The quantitative estimate of drug-likeness (QED) is 0.674. The molecule has 0 aliphatic rings. The summed E-state index contributed by atoms with van der Waals surface area (Å²) in [7, 11) is 3.70. The van der Waals surface area contributed by atoms with Crippen LogP contribution in [0.15, 0.2) is 10.2 Å². The highest BCUT2D eigenvalue weighted by Crippen LogP contribution is 2.28. The molecule has 0 radical (unpaired) electrons. The van der Waals surface area contributed by atoms with Gasteiger partial charge in [-0.3, -0.25) is 0 Å². The van der Waals surface area contributed by atoms with E-state index in [0.717, 1.165) is 0 Å². The highest BCUT2D eigenvalue weighted by atomic mass is 15.2. The fraction of sp³-hybridized carbons (Fsp3) is 0.875. The van der Waals surface area contributed by atoms with Crippen LogP contribution in [-0.2, 0) is 0 Å². The Morgan fingerprint density at radius 1 is 0.727 bits per heavy atom. The summed E-state index contributed by atoms with van der Waals surface area (Å²) in [6.45, 7) is 11.5. The van der Waals surface area contributed by atoms with Crippen molar-refractivity contribution < 1.29 is 0 Å². The van der Waals surface area contributed by atoms with Crippen LogP contribution >= 0.6 is 0 Å². The van der Waals surface area contributed by atoms with Crippen molar-refractivity contribution in [3.05, 3.63) is 0 Å². The summed E-state index contributed by atoms with van der Waals surface area (Å²) in [5, 5.41) is 33.7. The Labute approximate surface area is 135 Å². The van der Waals surface area contributed by atoms with E-state index >= 15 is 0 Å². The van der Waals surface area contributed by atoms with Crippen LogP contribution in [0.4, 0.5) is 0 Å². The molecule has 2 unspecified atom stereocenters. The molecule has 0 aromatic heterocycles. The highest BCUT2D eigenvalue weighted by molar-refractivity contribution is 5.11. The summed E-state index contributed by atoms with van der Waals surface area (Å²) in [5.41, 5.74) is -2.41. The Kier molecular flexibility index (Phi) is 6.69. The van der Waals surface area contributed by atoms with Gasteiger partial charge in [-0.05, 0) is 55.6 Å². The molecule has 6 nitrogen and oxygen atoms in total. The fourth-order valence-corrected chi connectivity index (χ4v) is 2.31. The van der Waals surface area contributed by atoms with Crippen LogP contribution in [0.2, 0.25) is 0 Å². The predicted octanol–water partition coefficient (Wildman–Crippen LogP) is 2.78. The van der Waals surface area contributed by atoms with Gasteiger partial charge in [0.25, 0.3) is 0 Å². The van der Waals surface area contributed by atoms with Gasteiger partial charge >= 0.3 is 0 Å². The molecule has 0 aliphatic heterocycles. The van der Waals surface area contributed by atoms with E-state index in [1.165, 1.54) is 0 Å². The molecule has 0 saturated carbocycles. The van der Waals surface area contributed by atoms with E-state index < -0.39 is 11.1 Å². The molecule has 2 atom stereocenters. The zero-order valence-corrected chi connectivity index (χ0v) is 15.2. The van der Waals surface area contributed by atoms with Crippen molar-refractivity contribution >= 4 is 0 Å². The normalized spacial score (nSPS) is 18.3. The minimum Gasteiger partial charge on any atom is -0.315 e. The van der Waals surface area contributed by atoms with Gasteiger partial charge in [-0.25, -0.2) is 0 Å². The highest BCUT2D eigenvalue weighted by Gasteiger charge is 2.36. The Hall–Kier alpha value is -1.50. The van der Waals surface area contributed by atoms with Crippen LogP contribution in [0.1, 0.15) is 54.4 Å². The van der Waals surface area contributed by atoms with Crippen LogP contribution < -0.4 is 10.6 Å². The zero-order valence-electron chi connectivity index (χ0n) is 15.2. The number of azo groups is 1. The molecule has 22 heavy (non-hydrogen) atoms. The van der Waals surface area contributed by atoms with Crippen molar-refractivity contribution in [3.8, 4) is 12.1 Å². The second kappa shape index (κ2) is 7.17. The van der Waals surface area contributed by atoms with E-state index in [1.54, 1.807) is 13.8 Å². The Balaban J connectivity index is 5.33. The second-order valence-electron chi connectivity index (χ2n) is 7.59. The Morgan fingerprint density at radius 2 is 1.00 bits per heavy atom. The fourth-order valence-electron chi connectivity index (χ4n) is 2.31. The molecule has 0 aromatic carbocycles. The number of nitrogens with zero attached hydrogens (tertiary/aromatic N) is 4. The summed E-state index contributed by atoms with van der Waals surface area (Å²) < 4.78 is 0. The van der Waals surface area contributed by atoms with Crippen LogP contribution in [0.3, 0.4) is 0 Å². The largest absolute Gasteiger partial charge is 0.315 e. The molecule has 0 heterocycles. The van der Waals surface area contributed by atoms with Gasteiger partial charge in [0.1, 0.15) is 0 Å². The lowest BCUT2D eigenvalue weighted by Crippen LogP contribution is -2.44. The summed E-state index contributed by atoms with van der Waals surface area (Å²) in [6.07, 6.45) is 1.01. The first-order valence-corrected chi connectivity index (χ1v) is 7.51. The monoisotopic (exact) mass is 306 g/mol. The first-order chi connectivity index (χ1) is 9.86. The predicted molar refractivity (Wildman–Crippen MR) is 88.4 cm³/mol. The molecule has 0 aromatic rings. The van der Waals surface area contributed by atoms with E-state index in [-0.39, 0.29) is 11.1 Å². The minimum absolute atomic E-state index is 0.239. The van der Waals surface area contributed by atoms with Gasteiger partial charge < -0.3 is 10.6 Å². The van der Waals surface area contributed by atoms with Crippen LogP contribution in [0.5, 0.6) is 0 Å². The van der Waals surface area contributed by atoms with Gasteiger partial charge in [-0.2, -0.15) is 20.8 Å². The van der Waals surface area contributed by atoms with Crippen molar-refractivity contribution in [2.75, 3.05) is 14.1 Å². The third kappa shape index (κ3) is 6.51. The average molecular weight is 306 g/mol. The van der Waals surface area contributed by atoms with Crippen molar-refractivity contribution in [2.45, 2.75) is 76.5 Å². The third-order valence-electron chi connectivity index (χ3n) is 3.90. The molecule has 0 aliphatic carbocycles. The van der Waals surface area contributed by atoms with Crippen LogP contribution in [-0.4, -0.2) is 36.3 Å². The first-order valence-electron chi connectivity index (χ1n) is 7.51. The molecule has 6 heteroatoms. The van der Waals surface area contributed by atoms with E-state index in [1.807, 2.05) is 41.8 Å². The van der Waals surface area contributed by atoms with Gasteiger partial charge in [0.15, 0.2) is 11.1 Å². The molecule has 124 valence electrons. The molecule has 2 N–H and O–H groups in total. The second-order valence-corrected chi connectivity index (χ2v) is 7.59. The smallest absolute Gasteiger partial charge is 0.166 e. The maximum absolute atomic E-state index is 9.47. The number of nitrogens with one attached hydrogen (secondary N) is 2. The van der Waals surface area contributed by atoms with Gasteiger partial charge in [0.05, 0.1) is 12.1 Å². The maximum atomic E-state index is 9.47. The summed E-state index contributed by atoms with van der Waals surface area (Å²) in [6, 6.07) is 4.43. The van der Waals surface area contributed by atoms with Crippen molar-refractivity contribution in [1.29, 1.82) is 10.5 Å². The van der Waals surface area contributed by atoms with Crippen molar-refractivity contribution in [2.24, 2.45) is 10.2 Å². The van der Waals surface area contributed by atoms with Gasteiger partial charge in [-0.15, -0.1) is 0 Å². The third-order valence-corrected chi connectivity index (χ3v) is 3.90. The van der Waals surface area contributed by atoms with E-state index in [4.69, 9.17) is 0 Å². The van der Waals surface area contributed by atoms with Gasteiger partial charge in [0, 0.05) is 23.9 Å². The molecular weight excluding hydrogens is 276 g/mol. The zero-order chi connectivity index (χ0) is 17.7. The standard InChI is InChI=1S/C16H30N6/c1-13(2,19-7)9-15(5,11-17)21-22-16(6,12-18)10-14(3,4)20-8/h19-20H,9-10H2,1-8H3/b22-21+.